The molecule has 1 aromatic heterocycles. The number of halogens is 1. The Kier molecular flexibility index (Phi) is 2.22. The highest BCUT2D eigenvalue weighted by molar-refractivity contribution is 6.30. The monoisotopic (exact) mass is 251 g/mol. The number of hydrogen-bond acceptors (Lipinski definition) is 2. The van der Waals surface area contributed by atoms with E-state index in [1.54, 1.807) is 24.3 Å². The molecule has 1 aromatic carbocycles. The van der Waals surface area contributed by atoms with Crippen molar-refractivity contribution in [2.75, 3.05) is 0 Å². The molecule has 2 aromatic rings. The first-order valence-electron chi connectivity index (χ1n) is 5.37. The van der Waals surface area contributed by atoms with E-state index < -0.39 is 0 Å². The minimum atomic E-state index is -0.283. The maximum Gasteiger partial charge on any atom is 0.351 e. The lowest BCUT2D eigenvalue weighted by Crippen LogP contribution is -2.28. The van der Waals surface area contributed by atoms with Crippen LogP contribution in [0.1, 0.15) is 6.42 Å². The number of rotatable bonds is 1. The second-order valence-electron chi connectivity index (χ2n) is 3.98. The van der Waals surface area contributed by atoms with Crippen LogP contribution in [0.5, 0.6) is 0 Å². The Morgan fingerprint density at radius 3 is 2.00 bits per heavy atom. The number of fused-ring (bicyclic) bond motifs is 1. The highest BCUT2D eigenvalue weighted by Gasteiger charge is 2.20. The summed E-state index contributed by atoms with van der Waals surface area (Å²) in [5, 5.41) is 0.577. The van der Waals surface area contributed by atoms with Gasteiger partial charge in [-0.15, -0.1) is 0 Å². The van der Waals surface area contributed by atoms with Crippen LogP contribution in [-0.2, 0) is 13.1 Å². The van der Waals surface area contributed by atoms with E-state index in [1.165, 1.54) is 13.9 Å². The third kappa shape index (κ3) is 1.46. The minimum Gasteiger partial charge on any atom is -0.246 e. The minimum absolute atomic E-state index is 0.283. The summed E-state index contributed by atoms with van der Waals surface area (Å²) in [5.74, 6) is 0. The molecule has 0 fully saturated rings. The lowest BCUT2D eigenvalue weighted by Gasteiger charge is -1.99. The lowest BCUT2D eigenvalue weighted by molar-refractivity contribution is 0.580. The predicted octanol–water partition coefficient (Wildman–Crippen LogP) is 0.858. The standard InChI is InChI=1S/C11H10ClN3O2/c12-8-2-4-9(5-3-8)15-10(16)13-6-1-7-14(13)11(15)17/h2-5H,1,6-7H2. The van der Waals surface area contributed by atoms with Crippen molar-refractivity contribution < 1.29 is 0 Å². The van der Waals surface area contributed by atoms with Crippen LogP contribution in [0.3, 0.4) is 0 Å². The van der Waals surface area contributed by atoms with Crippen molar-refractivity contribution in [3.63, 3.8) is 0 Å². The Morgan fingerprint density at radius 2 is 1.47 bits per heavy atom. The fourth-order valence-electron chi connectivity index (χ4n) is 2.13. The molecule has 88 valence electrons. The number of benzene rings is 1. The normalized spacial score (nSPS) is 13.9. The van der Waals surface area contributed by atoms with Gasteiger partial charge in [0.2, 0.25) is 0 Å². The first-order valence-corrected chi connectivity index (χ1v) is 5.75. The molecule has 5 nitrogen and oxygen atoms in total. The molecule has 0 N–H and O–H groups in total. The second kappa shape index (κ2) is 3.63. The second-order valence-corrected chi connectivity index (χ2v) is 4.41. The van der Waals surface area contributed by atoms with Gasteiger partial charge in [0.05, 0.1) is 5.69 Å². The summed E-state index contributed by atoms with van der Waals surface area (Å²) in [6, 6.07) is 6.66. The molecule has 1 aliphatic heterocycles. The summed E-state index contributed by atoms with van der Waals surface area (Å²) < 4.78 is 4.14. The van der Waals surface area contributed by atoms with Crippen molar-refractivity contribution in [2.45, 2.75) is 19.5 Å². The van der Waals surface area contributed by atoms with Gasteiger partial charge >= 0.3 is 11.4 Å². The fourth-order valence-corrected chi connectivity index (χ4v) is 2.26. The van der Waals surface area contributed by atoms with Gasteiger partial charge in [-0.05, 0) is 30.7 Å². The molecule has 0 saturated carbocycles. The van der Waals surface area contributed by atoms with Crippen molar-refractivity contribution >= 4 is 11.6 Å². The van der Waals surface area contributed by atoms with Gasteiger partial charge in [0.1, 0.15) is 0 Å². The Labute approximate surface area is 101 Å². The van der Waals surface area contributed by atoms with E-state index in [9.17, 15) is 9.59 Å². The molecular weight excluding hydrogens is 242 g/mol. The Hall–Kier alpha value is -1.75. The van der Waals surface area contributed by atoms with Crippen LogP contribution in [0.2, 0.25) is 5.02 Å². The van der Waals surface area contributed by atoms with Crippen molar-refractivity contribution in [3.8, 4) is 5.69 Å². The van der Waals surface area contributed by atoms with Gasteiger partial charge in [0, 0.05) is 18.1 Å². The summed E-state index contributed by atoms with van der Waals surface area (Å²) in [5.41, 5.74) is -0.0107. The molecule has 0 aliphatic carbocycles. The maximum absolute atomic E-state index is 12.0. The zero-order valence-corrected chi connectivity index (χ0v) is 9.72. The van der Waals surface area contributed by atoms with Crippen LogP contribution in [-0.4, -0.2) is 13.9 Å². The van der Waals surface area contributed by atoms with Crippen LogP contribution in [0.15, 0.2) is 33.9 Å². The van der Waals surface area contributed by atoms with Gasteiger partial charge in [-0.25, -0.2) is 23.5 Å². The molecule has 0 radical (unpaired) electrons. The first-order chi connectivity index (χ1) is 8.18. The number of nitrogens with zero attached hydrogens (tertiary/aromatic N) is 3. The van der Waals surface area contributed by atoms with Gasteiger partial charge in [0.25, 0.3) is 0 Å². The highest BCUT2D eigenvalue weighted by atomic mass is 35.5. The molecule has 0 unspecified atom stereocenters. The van der Waals surface area contributed by atoms with Crippen LogP contribution in [0, 0.1) is 0 Å². The van der Waals surface area contributed by atoms with Crippen LogP contribution >= 0.6 is 11.6 Å². The van der Waals surface area contributed by atoms with E-state index in [0.717, 1.165) is 6.42 Å². The average Bonchev–Trinajstić information content (AvgIpc) is 2.87. The van der Waals surface area contributed by atoms with Gasteiger partial charge < -0.3 is 0 Å². The molecule has 1 aliphatic rings. The predicted molar refractivity (Wildman–Crippen MR) is 63.9 cm³/mol. The summed E-state index contributed by atoms with van der Waals surface area (Å²) in [7, 11) is 0. The van der Waals surface area contributed by atoms with Gasteiger partial charge in [-0.1, -0.05) is 11.6 Å². The summed E-state index contributed by atoms with van der Waals surface area (Å²) in [4.78, 5) is 24.1. The molecule has 0 spiro atoms. The molecular formula is C11H10ClN3O2. The van der Waals surface area contributed by atoms with Crippen LogP contribution in [0.25, 0.3) is 5.69 Å². The molecule has 2 heterocycles. The molecule has 0 amide bonds. The molecule has 0 saturated heterocycles. The van der Waals surface area contributed by atoms with Gasteiger partial charge in [0.15, 0.2) is 0 Å². The third-order valence-electron chi connectivity index (χ3n) is 2.94. The largest absolute Gasteiger partial charge is 0.351 e. The van der Waals surface area contributed by atoms with E-state index in [1.807, 2.05) is 0 Å². The van der Waals surface area contributed by atoms with Crippen LogP contribution in [0.4, 0.5) is 0 Å². The summed E-state index contributed by atoms with van der Waals surface area (Å²) >= 11 is 5.78. The summed E-state index contributed by atoms with van der Waals surface area (Å²) in [6.45, 7) is 1.21. The number of hydrogen-bond donors (Lipinski definition) is 0. The fraction of sp³-hybridized carbons (Fsp3) is 0.273. The molecule has 6 heteroatoms. The highest BCUT2D eigenvalue weighted by Crippen LogP contribution is 2.11. The zero-order valence-electron chi connectivity index (χ0n) is 8.97. The lowest BCUT2D eigenvalue weighted by atomic mass is 10.3. The van der Waals surface area contributed by atoms with Gasteiger partial charge in [-0.2, -0.15) is 0 Å². The average molecular weight is 252 g/mol. The molecule has 0 atom stereocenters. The molecule has 17 heavy (non-hydrogen) atoms. The van der Waals surface area contributed by atoms with E-state index in [-0.39, 0.29) is 11.4 Å². The Morgan fingerprint density at radius 1 is 0.941 bits per heavy atom. The van der Waals surface area contributed by atoms with Crippen molar-refractivity contribution in [1.82, 2.24) is 13.9 Å². The van der Waals surface area contributed by atoms with Gasteiger partial charge in [-0.3, -0.25) is 0 Å². The van der Waals surface area contributed by atoms with Crippen LogP contribution < -0.4 is 11.4 Å². The smallest absolute Gasteiger partial charge is 0.246 e. The van der Waals surface area contributed by atoms with E-state index in [2.05, 4.69) is 0 Å². The van der Waals surface area contributed by atoms with E-state index in [4.69, 9.17) is 11.6 Å². The Balaban J connectivity index is 2.26. The molecule has 0 bridgehead atoms. The third-order valence-corrected chi connectivity index (χ3v) is 3.19. The maximum atomic E-state index is 12.0. The quantitative estimate of drug-likeness (QED) is 0.755. The van der Waals surface area contributed by atoms with Crippen molar-refractivity contribution in [3.05, 3.63) is 50.3 Å². The van der Waals surface area contributed by atoms with Crippen molar-refractivity contribution in [1.29, 1.82) is 0 Å². The summed E-state index contributed by atoms with van der Waals surface area (Å²) in [6.07, 6.45) is 0.839. The first kappa shape index (κ1) is 10.4. The van der Waals surface area contributed by atoms with Crippen molar-refractivity contribution in [2.24, 2.45) is 0 Å². The topological polar surface area (TPSA) is 48.9 Å². The zero-order chi connectivity index (χ0) is 12.0. The SMILES string of the molecule is O=c1n(-c2ccc(Cl)cc2)c(=O)n2n1CCC2. The van der Waals surface area contributed by atoms with E-state index in [0.29, 0.717) is 23.8 Å². The molecule has 3 rings (SSSR count). The Bertz CT molecular complexity index is 643. The van der Waals surface area contributed by atoms with E-state index >= 15 is 0 Å². The number of aromatic nitrogens is 3.